The number of aliphatic hydroxyl groups is 1. The third kappa shape index (κ3) is 6.27. The van der Waals surface area contributed by atoms with Crippen molar-refractivity contribution in [2.45, 2.75) is 55.9 Å². The van der Waals surface area contributed by atoms with Crippen molar-refractivity contribution in [1.82, 2.24) is 10.2 Å². The van der Waals surface area contributed by atoms with E-state index in [9.17, 15) is 14.7 Å². The maximum absolute atomic E-state index is 13.8. The van der Waals surface area contributed by atoms with E-state index in [0.29, 0.717) is 52.4 Å². The fourth-order valence-electron chi connectivity index (χ4n) is 5.44. The number of thioether (sulfide) groups is 1. The molecule has 0 unspecified atom stereocenters. The molecule has 3 heterocycles. The minimum absolute atomic E-state index is 0.0137. The lowest BCUT2D eigenvalue weighted by Gasteiger charge is -2.23. The van der Waals surface area contributed by atoms with Crippen LogP contribution in [-0.2, 0) is 21.8 Å². The number of aliphatic hydroxyl groups excluding tert-OH is 1. The lowest BCUT2D eigenvalue weighted by Crippen LogP contribution is -2.29. The Morgan fingerprint density at radius 3 is 2.64 bits per heavy atom. The number of fused-ring (bicyclic) bond motifs is 1. The molecule has 9 nitrogen and oxygen atoms in total. The van der Waals surface area contributed by atoms with Crippen LogP contribution in [0.3, 0.4) is 0 Å². The van der Waals surface area contributed by atoms with E-state index in [1.54, 1.807) is 30.3 Å². The van der Waals surface area contributed by atoms with Gasteiger partial charge in [0.2, 0.25) is 5.13 Å². The van der Waals surface area contributed by atoms with Crippen LogP contribution >= 0.6 is 23.1 Å². The van der Waals surface area contributed by atoms with Gasteiger partial charge in [0.1, 0.15) is 17.6 Å². The van der Waals surface area contributed by atoms with Crippen LogP contribution < -0.4 is 19.1 Å². The Bertz CT molecular complexity index is 1760. The SMILES string of the molecule is CCCOc1ccc([C@H]2/C(=C(\O)c3ccc4c(c3)C[C@@H](C)O4)C(=O)C(=O)N2c2nnc(SCc3ccccc3)s2)cc1OCC. The second kappa shape index (κ2) is 13.3. The van der Waals surface area contributed by atoms with Gasteiger partial charge in [-0.25, -0.2) is 0 Å². The second-order valence-electron chi connectivity index (χ2n) is 10.7. The van der Waals surface area contributed by atoms with E-state index in [2.05, 4.69) is 10.2 Å². The van der Waals surface area contributed by atoms with Crippen molar-refractivity contribution in [3.05, 3.63) is 94.6 Å². The van der Waals surface area contributed by atoms with Gasteiger partial charge in [-0.15, -0.1) is 10.2 Å². The number of aromatic nitrogens is 2. The average Bonchev–Trinajstić information content (AvgIpc) is 3.74. The summed E-state index contributed by atoms with van der Waals surface area (Å²) in [5, 5.41) is 20.6. The highest BCUT2D eigenvalue weighted by atomic mass is 32.2. The molecule has 0 saturated carbocycles. The van der Waals surface area contributed by atoms with Crippen molar-refractivity contribution >= 4 is 45.7 Å². The molecule has 4 aromatic rings. The molecule has 6 rings (SSSR count). The van der Waals surface area contributed by atoms with Crippen LogP contribution in [0.25, 0.3) is 5.76 Å². The van der Waals surface area contributed by atoms with Crippen molar-refractivity contribution in [3.8, 4) is 17.2 Å². The van der Waals surface area contributed by atoms with Crippen LogP contribution in [0.1, 0.15) is 55.5 Å². The number of hydrogen-bond acceptors (Lipinski definition) is 10. The molecule has 1 amide bonds. The third-order valence-electron chi connectivity index (χ3n) is 7.47. The van der Waals surface area contributed by atoms with Gasteiger partial charge in [-0.2, -0.15) is 0 Å². The fraction of sp³-hybridized carbons (Fsp3) is 0.294. The summed E-state index contributed by atoms with van der Waals surface area (Å²) in [4.78, 5) is 28.9. The van der Waals surface area contributed by atoms with E-state index in [0.717, 1.165) is 23.3 Å². The standard InChI is InChI=1S/C34H33N3O6S2/c1-4-15-42-26-14-11-22(18-27(26)41-5-2)29-28(30(38)23-12-13-25-24(17-23)16-20(3)43-25)31(39)32(40)37(29)33-35-36-34(45-33)44-19-21-9-7-6-8-10-21/h6-14,17-18,20,29,38H,4-5,15-16,19H2,1-3H3/b30-28+/t20-,29+/m1/s1. The molecule has 2 aliphatic heterocycles. The second-order valence-corrected chi connectivity index (χ2v) is 12.9. The van der Waals surface area contributed by atoms with Crippen molar-refractivity contribution in [1.29, 1.82) is 0 Å². The molecule has 11 heteroatoms. The van der Waals surface area contributed by atoms with Gasteiger partial charge in [0, 0.05) is 17.7 Å². The normalized spacial score (nSPS) is 18.6. The number of anilines is 1. The summed E-state index contributed by atoms with van der Waals surface area (Å²) in [5.74, 6) is 0.595. The first kappa shape index (κ1) is 30.7. The highest BCUT2D eigenvalue weighted by molar-refractivity contribution is 8.00. The molecule has 0 aliphatic carbocycles. The maximum Gasteiger partial charge on any atom is 0.301 e. The van der Waals surface area contributed by atoms with Crippen LogP contribution in [0, 0.1) is 0 Å². The molecule has 1 fully saturated rings. The molecular formula is C34H33N3O6S2. The first-order valence-corrected chi connectivity index (χ1v) is 16.7. The average molecular weight is 644 g/mol. The van der Waals surface area contributed by atoms with Crippen molar-refractivity contribution in [2.24, 2.45) is 0 Å². The summed E-state index contributed by atoms with van der Waals surface area (Å²) in [7, 11) is 0. The number of carbonyl (C=O) groups is 2. The molecule has 2 aliphatic rings. The Labute approximate surface area is 269 Å². The molecular weight excluding hydrogens is 611 g/mol. The van der Waals surface area contributed by atoms with E-state index >= 15 is 0 Å². The Kier molecular flexibility index (Phi) is 9.09. The Morgan fingerprint density at radius 1 is 1.04 bits per heavy atom. The minimum atomic E-state index is -0.979. The van der Waals surface area contributed by atoms with E-state index in [-0.39, 0.29) is 22.6 Å². The van der Waals surface area contributed by atoms with E-state index in [4.69, 9.17) is 14.2 Å². The van der Waals surface area contributed by atoms with E-state index in [1.807, 2.05) is 57.2 Å². The zero-order valence-electron chi connectivity index (χ0n) is 25.2. The molecule has 1 saturated heterocycles. The summed E-state index contributed by atoms with van der Waals surface area (Å²) in [5.41, 5.74) is 3.01. The number of Topliss-reactive ketones (excluding diaryl/α,β-unsaturated/α-hetero) is 1. The van der Waals surface area contributed by atoms with Gasteiger partial charge in [0.05, 0.1) is 24.8 Å². The van der Waals surface area contributed by atoms with Gasteiger partial charge in [-0.05, 0) is 67.3 Å². The van der Waals surface area contributed by atoms with Gasteiger partial charge in [-0.3, -0.25) is 14.5 Å². The predicted octanol–water partition coefficient (Wildman–Crippen LogP) is 6.97. The molecule has 0 bridgehead atoms. The largest absolute Gasteiger partial charge is 0.507 e. The molecule has 232 valence electrons. The molecule has 45 heavy (non-hydrogen) atoms. The summed E-state index contributed by atoms with van der Waals surface area (Å²) >= 11 is 2.72. The monoisotopic (exact) mass is 643 g/mol. The fourth-order valence-corrected chi connectivity index (χ4v) is 7.27. The van der Waals surface area contributed by atoms with E-state index in [1.165, 1.54) is 28.0 Å². The zero-order chi connectivity index (χ0) is 31.5. The summed E-state index contributed by atoms with van der Waals surface area (Å²) < 4.78 is 18.3. The predicted molar refractivity (Wildman–Crippen MR) is 174 cm³/mol. The number of nitrogens with zero attached hydrogens (tertiary/aromatic N) is 3. The lowest BCUT2D eigenvalue weighted by molar-refractivity contribution is -0.132. The van der Waals surface area contributed by atoms with E-state index < -0.39 is 17.7 Å². The van der Waals surface area contributed by atoms with Crippen molar-refractivity contribution in [2.75, 3.05) is 18.1 Å². The van der Waals surface area contributed by atoms with Gasteiger partial charge in [0.15, 0.2) is 15.8 Å². The zero-order valence-corrected chi connectivity index (χ0v) is 26.8. The van der Waals surface area contributed by atoms with Crippen LogP contribution in [0.15, 0.2) is 76.6 Å². The number of benzene rings is 3. The molecule has 0 spiro atoms. The number of carbonyl (C=O) groups excluding carboxylic acids is 2. The quantitative estimate of drug-likeness (QED) is 0.0609. The van der Waals surface area contributed by atoms with Crippen LogP contribution in [-0.4, -0.2) is 46.3 Å². The summed E-state index contributed by atoms with van der Waals surface area (Å²) in [6.45, 7) is 6.76. The van der Waals surface area contributed by atoms with Crippen molar-refractivity contribution < 1.29 is 28.9 Å². The molecule has 1 aromatic heterocycles. The smallest absolute Gasteiger partial charge is 0.301 e. The summed E-state index contributed by atoms with van der Waals surface area (Å²) in [6, 6.07) is 19.6. The Morgan fingerprint density at radius 2 is 1.87 bits per heavy atom. The van der Waals surface area contributed by atoms with Gasteiger partial charge in [-0.1, -0.05) is 66.4 Å². The Hall–Kier alpha value is -4.35. The Balaban J connectivity index is 1.43. The van der Waals surface area contributed by atoms with Crippen LogP contribution in [0.4, 0.5) is 5.13 Å². The van der Waals surface area contributed by atoms with Gasteiger partial charge in [0.25, 0.3) is 5.78 Å². The van der Waals surface area contributed by atoms with Gasteiger partial charge >= 0.3 is 5.91 Å². The summed E-state index contributed by atoms with van der Waals surface area (Å²) in [6.07, 6.45) is 1.51. The number of hydrogen-bond donors (Lipinski definition) is 1. The highest BCUT2D eigenvalue weighted by Crippen LogP contribution is 2.46. The van der Waals surface area contributed by atoms with Gasteiger partial charge < -0.3 is 19.3 Å². The number of rotatable bonds is 11. The van der Waals surface area contributed by atoms with Crippen LogP contribution in [0.5, 0.6) is 17.2 Å². The van der Waals surface area contributed by atoms with Crippen molar-refractivity contribution in [3.63, 3.8) is 0 Å². The maximum atomic E-state index is 13.8. The first-order valence-electron chi connectivity index (χ1n) is 14.9. The number of ether oxygens (including phenoxy) is 3. The number of amides is 1. The number of ketones is 1. The minimum Gasteiger partial charge on any atom is -0.507 e. The lowest BCUT2D eigenvalue weighted by atomic mass is 9.94. The van der Waals surface area contributed by atoms with Crippen LogP contribution in [0.2, 0.25) is 0 Å². The highest BCUT2D eigenvalue weighted by Gasteiger charge is 2.48. The molecule has 2 atom stereocenters. The third-order valence-corrected chi connectivity index (χ3v) is 9.59. The molecule has 3 aromatic carbocycles. The topological polar surface area (TPSA) is 111 Å². The molecule has 0 radical (unpaired) electrons. The molecule has 1 N–H and O–H groups in total. The first-order chi connectivity index (χ1) is 21.9.